The highest BCUT2D eigenvalue weighted by atomic mass is 32.1. The summed E-state index contributed by atoms with van der Waals surface area (Å²) in [6.07, 6.45) is 7.14. The van der Waals surface area contributed by atoms with Gasteiger partial charge >= 0.3 is 0 Å². The fraction of sp³-hybridized carbons (Fsp3) is 1.00. The van der Waals surface area contributed by atoms with Gasteiger partial charge in [0.05, 0.1) is 6.10 Å². The Labute approximate surface area is 105 Å². The van der Waals surface area contributed by atoms with E-state index in [0.29, 0.717) is 12.1 Å². The minimum Gasteiger partial charge on any atom is -0.393 e. The van der Waals surface area contributed by atoms with Crippen molar-refractivity contribution < 1.29 is 5.11 Å². The molecule has 2 saturated heterocycles. The number of aliphatic hydroxyl groups is 1. The van der Waals surface area contributed by atoms with Gasteiger partial charge in [-0.05, 0) is 56.7 Å². The summed E-state index contributed by atoms with van der Waals surface area (Å²) in [5.74, 6) is 1.80. The Kier molecular flexibility index (Phi) is 4.57. The topological polar surface area (TPSA) is 23.5 Å². The highest BCUT2D eigenvalue weighted by Gasteiger charge is 2.39. The van der Waals surface area contributed by atoms with Crippen molar-refractivity contribution in [2.45, 2.75) is 63.6 Å². The van der Waals surface area contributed by atoms with Crippen molar-refractivity contribution in [2.24, 2.45) is 5.92 Å². The molecule has 2 fully saturated rings. The SMILES string of the molecule is CC(CCS)CCN1C2CCC1CC(O)C2. The van der Waals surface area contributed by atoms with Gasteiger partial charge in [0.15, 0.2) is 0 Å². The maximum Gasteiger partial charge on any atom is 0.0570 e. The van der Waals surface area contributed by atoms with Crippen LogP contribution in [0, 0.1) is 5.92 Å². The van der Waals surface area contributed by atoms with E-state index in [4.69, 9.17) is 0 Å². The maximum atomic E-state index is 9.73. The summed E-state index contributed by atoms with van der Waals surface area (Å²) in [6, 6.07) is 1.36. The van der Waals surface area contributed by atoms with Crippen LogP contribution in [-0.4, -0.2) is 40.5 Å². The second-order valence-electron chi connectivity index (χ2n) is 5.65. The fourth-order valence-corrected chi connectivity index (χ4v) is 3.79. The van der Waals surface area contributed by atoms with E-state index < -0.39 is 0 Å². The van der Waals surface area contributed by atoms with Gasteiger partial charge in [0.2, 0.25) is 0 Å². The number of hydrogen-bond acceptors (Lipinski definition) is 3. The van der Waals surface area contributed by atoms with Gasteiger partial charge in [-0.1, -0.05) is 6.92 Å². The lowest BCUT2D eigenvalue weighted by Crippen LogP contribution is -2.45. The van der Waals surface area contributed by atoms with Crippen LogP contribution in [0.4, 0.5) is 0 Å². The monoisotopic (exact) mass is 243 g/mol. The van der Waals surface area contributed by atoms with Crippen molar-refractivity contribution in [1.82, 2.24) is 4.90 Å². The van der Waals surface area contributed by atoms with Crippen molar-refractivity contribution in [2.75, 3.05) is 12.3 Å². The quantitative estimate of drug-likeness (QED) is 0.724. The van der Waals surface area contributed by atoms with Crippen molar-refractivity contribution in [1.29, 1.82) is 0 Å². The van der Waals surface area contributed by atoms with E-state index in [-0.39, 0.29) is 6.10 Å². The largest absolute Gasteiger partial charge is 0.393 e. The Morgan fingerprint density at radius 3 is 2.44 bits per heavy atom. The Morgan fingerprint density at radius 1 is 1.25 bits per heavy atom. The molecule has 0 aromatic carbocycles. The van der Waals surface area contributed by atoms with Crippen LogP contribution >= 0.6 is 12.6 Å². The zero-order valence-corrected chi connectivity index (χ0v) is 11.2. The first-order valence-corrected chi connectivity index (χ1v) is 7.38. The molecule has 0 aromatic heterocycles. The Hall–Kier alpha value is 0.270. The van der Waals surface area contributed by atoms with Crippen molar-refractivity contribution >= 4 is 12.6 Å². The summed E-state index contributed by atoms with van der Waals surface area (Å²) in [4.78, 5) is 2.67. The van der Waals surface area contributed by atoms with Crippen molar-refractivity contribution in [3.8, 4) is 0 Å². The zero-order chi connectivity index (χ0) is 11.5. The van der Waals surface area contributed by atoms with Crippen LogP contribution in [0.5, 0.6) is 0 Å². The molecule has 2 bridgehead atoms. The van der Waals surface area contributed by atoms with Crippen LogP contribution < -0.4 is 0 Å². The lowest BCUT2D eigenvalue weighted by molar-refractivity contribution is 0.0329. The lowest BCUT2D eigenvalue weighted by atomic mass is 9.98. The number of fused-ring (bicyclic) bond motifs is 2. The number of nitrogens with zero attached hydrogens (tertiary/aromatic N) is 1. The molecule has 3 atom stereocenters. The summed E-state index contributed by atoms with van der Waals surface area (Å²) < 4.78 is 0. The normalized spacial score (nSPS) is 36.6. The summed E-state index contributed by atoms with van der Waals surface area (Å²) >= 11 is 4.29. The summed E-state index contributed by atoms with van der Waals surface area (Å²) in [6.45, 7) is 3.56. The van der Waals surface area contributed by atoms with Crippen molar-refractivity contribution in [3.63, 3.8) is 0 Å². The van der Waals surface area contributed by atoms with Crippen LogP contribution in [0.2, 0.25) is 0 Å². The van der Waals surface area contributed by atoms with Crippen molar-refractivity contribution in [3.05, 3.63) is 0 Å². The molecule has 0 amide bonds. The maximum absolute atomic E-state index is 9.73. The minimum atomic E-state index is -0.0244. The van der Waals surface area contributed by atoms with E-state index in [1.807, 2.05) is 0 Å². The molecule has 16 heavy (non-hydrogen) atoms. The predicted molar refractivity (Wildman–Crippen MR) is 71.0 cm³/mol. The standard InChI is InChI=1S/C13H25NOS/c1-10(5-7-16)4-6-14-11-2-3-12(14)9-13(15)8-11/h10-13,15-16H,2-9H2,1H3. The van der Waals surface area contributed by atoms with Gasteiger partial charge in [-0.2, -0.15) is 12.6 Å². The smallest absolute Gasteiger partial charge is 0.0570 e. The second-order valence-corrected chi connectivity index (χ2v) is 6.10. The molecule has 0 spiro atoms. The van der Waals surface area contributed by atoms with Crippen LogP contribution in [0.3, 0.4) is 0 Å². The fourth-order valence-electron chi connectivity index (χ4n) is 3.34. The Bertz CT molecular complexity index is 210. The molecule has 0 radical (unpaired) electrons. The van der Waals surface area contributed by atoms with E-state index in [1.54, 1.807) is 0 Å². The Balaban J connectivity index is 1.78. The van der Waals surface area contributed by atoms with Gasteiger partial charge in [0, 0.05) is 12.1 Å². The summed E-state index contributed by atoms with van der Waals surface area (Å²) in [7, 11) is 0. The number of rotatable bonds is 5. The van der Waals surface area contributed by atoms with E-state index >= 15 is 0 Å². The molecule has 2 heterocycles. The second kappa shape index (κ2) is 5.74. The molecule has 2 rings (SSSR count). The van der Waals surface area contributed by atoms with Gasteiger partial charge in [-0.3, -0.25) is 4.90 Å². The molecule has 0 aromatic rings. The van der Waals surface area contributed by atoms with E-state index in [0.717, 1.165) is 24.5 Å². The Morgan fingerprint density at radius 2 is 1.88 bits per heavy atom. The molecule has 2 aliphatic heterocycles. The van der Waals surface area contributed by atoms with E-state index in [2.05, 4.69) is 24.5 Å². The lowest BCUT2D eigenvalue weighted by Gasteiger charge is -2.37. The molecule has 2 aliphatic rings. The zero-order valence-electron chi connectivity index (χ0n) is 10.3. The van der Waals surface area contributed by atoms with Crippen LogP contribution in [-0.2, 0) is 0 Å². The van der Waals surface area contributed by atoms with E-state index in [1.165, 1.54) is 32.2 Å². The van der Waals surface area contributed by atoms with Gasteiger partial charge in [-0.15, -0.1) is 0 Å². The van der Waals surface area contributed by atoms with Crippen LogP contribution in [0.1, 0.15) is 45.4 Å². The molecule has 3 heteroatoms. The van der Waals surface area contributed by atoms with Crippen LogP contribution in [0.15, 0.2) is 0 Å². The molecular weight excluding hydrogens is 218 g/mol. The van der Waals surface area contributed by atoms with E-state index in [9.17, 15) is 5.11 Å². The molecule has 3 unspecified atom stereocenters. The number of hydrogen-bond donors (Lipinski definition) is 2. The molecular formula is C13H25NOS. The number of piperidine rings is 1. The summed E-state index contributed by atoms with van der Waals surface area (Å²) in [5, 5.41) is 9.73. The third-order valence-electron chi connectivity index (χ3n) is 4.36. The number of aliphatic hydroxyl groups excluding tert-OH is 1. The third kappa shape index (κ3) is 2.93. The molecule has 94 valence electrons. The first-order chi connectivity index (χ1) is 7.70. The molecule has 0 aliphatic carbocycles. The first kappa shape index (κ1) is 12.7. The van der Waals surface area contributed by atoms with Crippen LogP contribution in [0.25, 0.3) is 0 Å². The van der Waals surface area contributed by atoms with Gasteiger partial charge in [-0.25, -0.2) is 0 Å². The average Bonchev–Trinajstić information content (AvgIpc) is 2.47. The third-order valence-corrected chi connectivity index (χ3v) is 4.62. The number of thiol groups is 1. The first-order valence-electron chi connectivity index (χ1n) is 6.75. The van der Waals surface area contributed by atoms with Gasteiger partial charge in [0.1, 0.15) is 0 Å². The molecule has 0 saturated carbocycles. The summed E-state index contributed by atoms with van der Waals surface area (Å²) in [5.41, 5.74) is 0. The predicted octanol–water partition coefficient (Wildman–Crippen LogP) is 2.32. The highest BCUT2D eigenvalue weighted by Crippen LogP contribution is 2.36. The molecule has 1 N–H and O–H groups in total. The van der Waals surface area contributed by atoms with Gasteiger partial charge < -0.3 is 5.11 Å². The molecule has 2 nitrogen and oxygen atoms in total. The highest BCUT2D eigenvalue weighted by molar-refractivity contribution is 7.80. The van der Waals surface area contributed by atoms with Gasteiger partial charge in [0.25, 0.3) is 0 Å². The minimum absolute atomic E-state index is 0.0244. The average molecular weight is 243 g/mol.